The number of benzene rings is 1. The Morgan fingerprint density at radius 1 is 1.41 bits per heavy atom. The highest BCUT2D eigenvalue weighted by molar-refractivity contribution is 7.15. The number of rotatable bonds is 5. The van der Waals surface area contributed by atoms with Crippen LogP contribution in [0, 0.1) is 0 Å². The van der Waals surface area contributed by atoms with E-state index in [0.29, 0.717) is 17.7 Å². The van der Waals surface area contributed by atoms with Crippen molar-refractivity contribution in [2.75, 3.05) is 11.9 Å². The second kappa shape index (κ2) is 6.98. The van der Waals surface area contributed by atoms with Crippen LogP contribution in [0.1, 0.15) is 36.3 Å². The summed E-state index contributed by atoms with van der Waals surface area (Å²) in [5.41, 5.74) is 1.28. The molecule has 1 saturated heterocycles. The minimum atomic E-state index is -0.337. The van der Waals surface area contributed by atoms with Gasteiger partial charge in [-0.15, -0.1) is 10.2 Å². The zero-order chi connectivity index (χ0) is 15.4. The van der Waals surface area contributed by atoms with Crippen molar-refractivity contribution in [3.8, 4) is 0 Å². The highest BCUT2D eigenvalue weighted by Gasteiger charge is 2.24. The van der Waals surface area contributed by atoms with Gasteiger partial charge in [0.25, 0.3) is 5.91 Å². The Hall–Kier alpha value is -1.79. The Bertz CT molecular complexity index is 623. The Morgan fingerprint density at radius 3 is 2.95 bits per heavy atom. The van der Waals surface area contributed by atoms with Crippen LogP contribution < -0.4 is 5.32 Å². The summed E-state index contributed by atoms with van der Waals surface area (Å²) < 4.78 is 5.36. The molecule has 0 unspecified atom stereocenters. The van der Waals surface area contributed by atoms with Gasteiger partial charge in [-0.2, -0.15) is 0 Å². The van der Waals surface area contributed by atoms with Crippen molar-refractivity contribution in [2.45, 2.75) is 38.2 Å². The normalized spacial score (nSPS) is 19.0. The molecule has 116 valence electrons. The van der Waals surface area contributed by atoms with Crippen molar-refractivity contribution in [1.82, 2.24) is 10.2 Å². The average molecular weight is 317 g/mol. The fourth-order valence-corrected chi connectivity index (χ4v) is 3.39. The molecule has 0 spiro atoms. The van der Waals surface area contributed by atoms with E-state index in [1.54, 1.807) is 0 Å². The summed E-state index contributed by atoms with van der Waals surface area (Å²) in [6.07, 6.45) is 2.20. The van der Waals surface area contributed by atoms with Crippen LogP contribution in [0.15, 0.2) is 30.3 Å². The fourth-order valence-electron chi connectivity index (χ4n) is 2.52. The second-order valence-corrected chi connectivity index (χ2v) is 6.57. The summed E-state index contributed by atoms with van der Waals surface area (Å²) >= 11 is 1.43. The minimum absolute atomic E-state index is 0.115. The zero-order valence-corrected chi connectivity index (χ0v) is 13.3. The summed E-state index contributed by atoms with van der Waals surface area (Å²) in [6, 6.07) is 10.3. The summed E-state index contributed by atoms with van der Waals surface area (Å²) in [7, 11) is 0. The summed E-state index contributed by atoms with van der Waals surface area (Å²) in [6.45, 7) is 2.83. The number of aromatic nitrogens is 2. The monoisotopic (exact) mass is 317 g/mol. The van der Waals surface area contributed by atoms with E-state index in [1.807, 2.05) is 18.2 Å². The average Bonchev–Trinajstić information content (AvgIpc) is 3.20. The molecule has 2 aromatic rings. The molecule has 22 heavy (non-hydrogen) atoms. The van der Waals surface area contributed by atoms with Gasteiger partial charge in [-0.1, -0.05) is 48.6 Å². The van der Waals surface area contributed by atoms with E-state index >= 15 is 0 Å². The lowest BCUT2D eigenvalue weighted by molar-refractivity contribution is -0.124. The van der Waals surface area contributed by atoms with Crippen molar-refractivity contribution < 1.29 is 9.53 Å². The number of anilines is 1. The van der Waals surface area contributed by atoms with Gasteiger partial charge in [-0.3, -0.25) is 10.1 Å². The SMILES string of the molecule is C[C@H](Cc1nnc(NC(=O)[C@@H]2CCCO2)s1)c1ccccc1. The number of amides is 1. The van der Waals surface area contributed by atoms with E-state index in [2.05, 4.69) is 34.6 Å². The highest BCUT2D eigenvalue weighted by Crippen LogP contribution is 2.24. The van der Waals surface area contributed by atoms with Crippen LogP contribution in [0.3, 0.4) is 0 Å². The van der Waals surface area contributed by atoms with E-state index in [9.17, 15) is 4.79 Å². The largest absolute Gasteiger partial charge is 0.368 e. The summed E-state index contributed by atoms with van der Waals surface area (Å²) in [4.78, 5) is 12.0. The van der Waals surface area contributed by atoms with E-state index in [-0.39, 0.29) is 12.0 Å². The molecule has 2 atom stereocenters. The molecule has 6 heteroatoms. The van der Waals surface area contributed by atoms with Gasteiger partial charge in [0, 0.05) is 13.0 Å². The van der Waals surface area contributed by atoms with Crippen molar-refractivity contribution >= 4 is 22.4 Å². The number of carbonyl (C=O) groups is 1. The van der Waals surface area contributed by atoms with Crippen LogP contribution in [0.4, 0.5) is 5.13 Å². The number of nitrogens with one attached hydrogen (secondary N) is 1. The van der Waals surface area contributed by atoms with Crippen LogP contribution in [-0.2, 0) is 16.0 Å². The van der Waals surface area contributed by atoms with Gasteiger partial charge in [-0.05, 0) is 24.3 Å². The van der Waals surface area contributed by atoms with Crippen LogP contribution >= 0.6 is 11.3 Å². The molecule has 0 bridgehead atoms. The first-order valence-corrected chi connectivity index (χ1v) is 8.34. The Kier molecular flexibility index (Phi) is 4.80. The Labute approximate surface area is 133 Å². The van der Waals surface area contributed by atoms with E-state index in [4.69, 9.17) is 4.74 Å². The molecule has 1 aromatic carbocycles. The number of nitrogens with zero attached hydrogens (tertiary/aromatic N) is 2. The molecule has 0 saturated carbocycles. The third kappa shape index (κ3) is 3.69. The fraction of sp³-hybridized carbons (Fsp3) is 0.438. The van der Waals surface area contributed by atoms with E-state index in [0.717, 1.165) is 24.3 Å². The maximum atomic E-state index is 12.0. The molecular weight excluding hydrogens is 298 g/mol. The summed E-state index contributed by atoms with van der Waals surface area (Å²) in [5.74, 6) is 0.257. The molecule has 1 N–H and O–H groups in total. The zero-order valence-electron chi connectivity index (χ0n) is 12.5. The molecule has 2 heterocycles. The molecule has 1 fully saturated rings. The van der Waals surface area contributed by atoms with Crippen molar-refractivity contribution in [3.05, 3.63) is 40.9 Å². The van der Waals surface area contributed by atoms with Crippen molar-refractivity contribution in [3.63, 3.8) is 0 Å². The standard InChI is InChI=1S/C16H19N3O2S/c1-11(12-6-3-2-4-7-12)10-14-18-19-16(22-14)17-15(20)13-8-5-9-21-13/h2-4,6-7,11,13H,5,8-10H2,1H3,(H,17,19,20)/t11-,13+/m1/s1. The third-order valence-electron chi connectivity index (χ3n) is 3.77. The lowest BCUT2D eigenvalue weighted by Gasteiger charge is -2.09. The van der Waals surface area contributed by atoms with Gasteiger partial charge in [-0.25, -0.2) is 0 Å². The van der Waals surface area contributed by atoms with Gasteiger partial charge in [0.05, 0.1) is 0 Å². The van der Waals surface area contributed by atoms with Crippen LogP contribution in [-0.4, -0.2) is 28.8 Å². The van der Waals surface area contributed by atoms with E-state index < -0.39 is 0 Å². The number of ether oxygens (including phenoxy) is 1. The van der Waals surface area contributed by atoms with Gasteiger partial charge < -0.3 is 4.74 Å². The molecule has 1 amide bonds. The molecule has 5 nitrogen and oxygen atoms in total. The quantitative estimate of drug-likeness (QED) is 0.921. The van der Waals surface area contributed by atoms with Crippen molar-refractivity contribution in [1.29, 1.82) is 0 Å². The predicted molar refractivity (Wildman–Crippen MR) is 86.1 cm³/mol. The molecule has 1 aromatic heterocycles. The molecule has 1 aliphatic rings. The Balaban J connectivity index is 1.58. The minimum Gasteiger partial charge on any atom is -0.368 e. The first kappa shape index (κ1) is 15.1. The van der Waals surface area contributed by atoms with Crippen LogP contribution in [0.25, 0.3) is 0 Å². The smallest absolute Gasteiger partial charge is 0.255 e. The second-order valence-electron chi connectivity index (χ2n) is 5.51. The topological polar surface area (TPSA) is 64.1 Å². The van der Waals surface area contributed by atoms with Gasteiger partial charge in [0.15, 0.2) is 0 Å². The first-order valence-electron chi connectivity index (χ1n) is 7.52. The predicted octanol–water partition coefficient (Wildman–Crippen LogP) is 3.00. The number of hydrogen-bond acceptors (Lipinski definition) is 5. The molecule has 3 rings (SSSR count). The molecule has 0 aliphatic carbocycles. The van der Waals surface area contributed by atoms with Gasteiger partial charge in [0.1, 0.15) is 11.1 Å². The maximum absolute atomic E-state index is 12.0. The molecule has 0 radical (unpaired) electrons. The number of hydrogen-bond donors (Lipinski definition) is 1. The van der Waals surface area contributed by atoms with Gasteiger partial charge in [0.2, 0.25) is 5.13 Å². The summed E-state index contributed by atoms with van der Waals surface area (Å²) in [5, 5.41) is 12.5. The molecular formula is C16H19N3O2S. The lowest BCUT2D eigenvalue weighted by atomic mass is 9.98. The molecule has 1 aliphatic heterocycles. The first-order chi connectivity index (χ1) is 10.7. The van der Waals surface area contributed by atoms with Gasteiger partial charge >= 0.3 is 0 Å². The van der Waals surface area contributed by atoms with E-state index in [1.165, 1.54) is 16.9 Å². The van der Waals surface area contributed by atoms with Crippen LogP contribution in [0.5, 0.6) is 0 Å². The Morgan fingerprint density at radius 2 is 2.23 bits per heavy atom. The lowest BCUT2D eigenvalue weighted by Crippen LogP contribution is -2.26. The maximum Gasteiger partial charge on any atom is 0.255 e. The number of carbonyl (C=O) groups excluding carboxylic acids is 1. The van der Waals surface area contributed by atoms with Crippen molar-refractivity contribution in [2.24, 2.45) is 0 Å². The highest BCUT2D eigenvalue weighted by atomic mass is 32.1. The van der Waals surface area contributed by atoms with Crippen LogP contribution in [0.2, 0.25) is 0 Å². The third-order valence-corrected chi connectivity index (χ3v) is 4.63.